The maximum atomic E-state index is 13.0. The Morgan fingerprint density at radius 3 is 2.62 bits per heavy atom. The monoisotopic (exact) mass is 200 g/mol. The largest absolute Gasteiger partial charge is 0.381 e. The van der Waals surface area contributed by atoms with Gasteiger partial charge in [0.1, 0.15) is 11.9 Å². The van der Waals surface area contributed by atoms with E-state index in [0.717, 1.165) is 6.08 Å². The zero-order chi connectivity index (χ0) is 9.68. The summed E-state index contributed by atoms with van der Waals surface area (Å²) in [5, 5.41) is 9.42. The highest BCUT2D eigenvalue weighted by Gasteiger charge is 2.11. The van der Waals surface area contributed by atoms with Crippen LogP contribution in [0, 0.1) is 0 Å². The van der Waals surface area contributed by atoms with E-state index in [0.29, 0.717) is 5.56 Å². The predicted molar refractivity (Wildman–Crippen MR) is 51.3 cm³/mol. The second-order valence-electron chi connectivity index (χ2n) is 2.56. The van der Waals surface area contributed by atoms with Crippen molar-refractivity contribution in [3.05, 3.63) is 47.8 Å². The van der Waals surface area contributed by atoms with Gasteiger partial charge in [0.05, 0.1) is 0 Å². The molecule has 1 unspecified atom stereocenters. The van der Waals surface area contributed by atoms with Gasteiger partial charge in [0.2, 0.25) is 0 Å². The number of hydrogen-bond donors (Lipinski definition) is 1. The Balaban J connectivity index is 2.79. The Labute approximate surface area is 81.5 Å². The minimum atomic E-state index is -1.19. The number of aliphatic hydroxyl groups is 1. The van der Waals surface area contributed by atoms with Gasteiger partial charge in [0.15, 0.2) is 0 Å². The van der Waals surface area contributed by atoms with E-state index in [-0.39, 0.29) is 5.88 Å². The molecule has 0 fully saturated rings. The number of rotatable bonds is 3. The van der Waals surface area contributed by atoms with Gasteiger partial charge >= 0.3 is 0 Å². The normalized spacial score (nSPS) is 14.2. The molecule has 3 heteroatoms. The van der Waals surface area contributed by atoms with Gasteiger partial charge in [-0.15, -0.1) is 11.6 Å². The van der Waals surface area contributed by atoms with Gasteiger partial charge in [0.25, 0.3) is 0 Å². The first kappa shape index (κ1) is 10.2. The minimum Gasteiger partial charge on any atom is -0.381 e. The first-order valence-electron chi connectivity index (χ1n) is 3.90. The van der Waals surface area contributed by atoms with Gasteiger partial charge < -0.3 is 5.11 Å². The summed E-state index contributed by atoms with van der Waals surface area (Å²) >= 11 is 5.30. The fraction of sp³-hybridized carbons (Fsp3) is 0.200. The van der Waals surface area contributed by atoms with Crippen LogP contribution >= 0.6 is 11.6 Å². The Morgan fingerprint density at radius 1 is 1.46 bits per heavy atom. The van der Waals surface area contributed by atoms with Gasteiger partial charge in [-0.1, -0.05) is 30.3 Å². The number of allylic oxidation sites excluding steroid dienone is 1. The molecule has 1 aromatic rings. The second kappa shape index (κ2) is 5.00. The first-order valence-corrected chi connectivity index (χ1v) is 4.43. The molecule has 0 amide bonds. The van der Waals surface area contributed by atoms with Crippen molar-refractivity contribution in [2.45, 2.75) is 6.10 Å². The lowest BCUT2D eigenvalue weighted by Crippen LogP contribution is -1.97. The number of alkyl halides is 1. The van der Waals surface area contributed by atoms with Crippen molar-refractivity contribution in [2.75, 3.05) is 5.88 Å². The third-order valence-electron chi connectivity index (χ3n) is 1.65. The van der Waals surface area contributed by atoms with Crippen LogP contribution in [0.4, 0.5) is 4.39 Å². The molecular weight excluding hydrogens is 191 g/mol. The van der Waals surface area contributed by atoms with Crippen molar-refractivity contribution < 1.29 is 9.50 Å². The molecule has 0 aliphatic rings. The topological polar surface area (TPSA) is 20.2 Å². The van der Waals surface area contributed by atoms with E-state index in [9.17, 15) is 9.50 Å². The molecule has 0 radical (unpaired) electrons. The quantitative estimate of drug-likeness (QED) is 0.744. The minimum absolute atomic E-state index is 0.0652. The van der Waals surface area contributed by atoms with Crippen molar-refractivity contribution in [3.63, 3.8) is 0 Å². The molecule has 0 heterocycles. The van der Waals surface area contributed by atoms with Crippen LogP contribution < -0.4 is 0 Å². The molecule has 0 saturated heterocycles. The third-order valence-corrected chi connectivity index (χ3v) is 1.80. The number of aliphatic hydroxyl groups excluding tert-OH is 1. The van der Waals surface area contributed by atoms with E-state index >= 15 is 0 Å². The molecule has 13 heavy (non-hydrogen) atoms. The Morgan fingerprint density at radius 2 is 2.08 bits per heavy atom. The van der Waals surface area contributed by atoms with Gasteiger partial charge in [-0.2, -0.15) is 0 Å². The van der Waals surface area contributed by atoms with Crippen molar-refractivity contribution in [2.24, 2.45) is 0 Å². The average Bonchev–Trinajstić information content (AvgIpc) is 2.18. The van der Waals surface area contributed by atoms with E-state index in [1.165, 1.54) is 0 Å². The molecular formula is C10H10ClFO. The molecule has 1 atom stereocenters. The average molecular weight is 201 g/mol. The summed E-state index contributed by atoms with van der Waals surface area (Å²) < 4.78 is 13.0. The van der Waals surface area contributed by atoms with E-state index in [1.807, 2.05) is 0 Å². The smallest absolute Gasteiger partial charge is 0.130 e. The molecule has 1 nitrogen and oxygen atoms in total. The van der Waals surface area contributed by atoms with E-state index < -0.39 is 11.9 Å². The zero-order valence-electron chi connectivity index (χ0n) is 6.95. The van der Waals surface area contributed by atoms with Crippen LogP contribution in [0.1, 0.15) is 11.7 Å². The molecule has 0 aliphatic carbocycles. The molecule has 70 valence electrons. The Kier molecular flexibility index (Phi) is 3.93. The summed E-state index contributed by atoms with van der Waals surface area (Å²) in [6.07, 6.45) is -0.0425. The lowest BCUT2D eigenvalue weighted by molar-refractivity contribution is 0.186. The lowest BCUT2D eigenvalue weighted by Gasteiger charge is -2.07. The second-order valence-corrected chi connectivity index (χ2v) is 2.87. The molecule has 0 saturated carbocycles. The summed E-state index contributed by atoms with van der Waals surface area (Å²) in [5.41, 5.74) is 0.529. The van der Waals surface area contributed by atoms with E-state index in [4.69, 9.17) is 11.6 Å². The van der Waals surface area contributed by atoms with Gasteiger partial charge in [0, 0.05) is 5.88 Å². The van der Waals surface area contributed by atoms with Crippen LogP contribution in [0.15, 0.2) is 42.2 Å². The van der Waals surface area contributed by atoms with Crippen LogP contribution in [0.2, 0.25) is 0 Å². The number of benzene rings is 1. The van der Waals surface area contributed by atoms with Crippen molar-refractivity contribution in [3.8, 4) is 0 Å². The molecule has 0 aromatic heterocycles. The van der Waals surface area contributed by atoms with E-state index in [1.54, 1.807) is 30.3 Å². The maximum Gasteiger partial charge on any atom is 0.130 e. The fourth-order valence-corrected chi connectivity index (χ4v) is 1.13. The highest BCUT2D eigenvalue weighted by Crippen LogP contribution is 2.21. The molecule has 1 N–H and O–H groups in total. The zero-order valence-corrected chi connectivity index (χ0v) is 7.71. The van der Waals surface area contributed by atoms with Crippen LogP contribution in [0.3, 0.4) is 0 Å². The van der Waals surface area contributed by atoms with Crippen LogP contribution in [-0.4, -0.2) is 11.0 Å². The summed E-state index contributed by atoms with van der Waals surface area (Å²) in [6, 6.07) is 8.61. The fourth-order valence-electron chi connectivity index (χ4n) is 0.980. The first-order chi connectivity index (χ1) is 6.25. The summed E-state index contributed by atoms with van der Waals surface area (Å²) in [4.78, 5) is 0. The van der Waals surface area contributed by atoms with E-state index in [2.05, 4.69) is 0 Å². The van der Waals surface area contributed by atoms with Crippen LogP contribution in [0.25, 0.3) is 0 Å². The van der Waals surface area contributed by atoms with Gasteiger partial charge in [-0.05, 0) is 11.6 Å². The Hall–Kier alpha value is -0.860. The van der Waals surface area contributed by atoms with Crippen LogP contribution in [0.5, 0.6) is 0 Å². The SMILES string of the molecule is OC(/C(F)=C/CCl)c1ccccc1. The van der Waals surface area contributed by atoms with Crippen LogP contribution in [-0.2, 0) is 0 Å². The maximum absolute atomic E-state index is 13.0. The summed E-state index contributed by atoms with van der Waals surface area (Å²) in [6.45, 7) is 0. The Bertz CT molecular complexity index is 284. The molecule has 0 aliphatic heterocycles. The molecule has 1 rings (SSSR count). The highest BCUT2D eigenvalue weighted by atomic mass is 35.5. The molecule has 0 bridgehead atoms. The highest BCUT2D eigenvalue weighted by molar-refractivity contribution is 6.18. The van der Waals surface area contributed by atoms with Gasteiger partial charge in [-0.25, -0.2) is 4.39 Å². The number of hydrogen-bond acceptors (Lipinski definition) is 1. The summed E-state index contributed by atoms with van der Waals surface area (Å²) in [5.74, 6) is -0.545. The predicted octanol–water partition coefficient (Wildman–Crippen LogP) is 2.81. The third kappa shape index (κ3) is 2.83. The van der Waals surface area contributed by atoms with Gasteiger partial charge in [-0.3, -0.25) is 0 Å². The molecule has 0 spiro atoms. The van der Waals surface area contributed by atoms with Crippen molar-refractivity contribution in [1.29, 1.82) is 0 Å². The lowest BCUT2D eigenvalue weighted by atomic mass is 10.1. The van der Waals surface area contributed by atoms with Crippen molar-refractivity contribution >= 4 is 11.6 Å². The van der Waals surface area contributed by atoms with Crippen molar-refractivity contribution in [1.82, 2.24) is 0 Å². The summed E-state index contributed by atoms with van der Waals surface area (Å²) in [7, 11) is 0. The number of halogens is 2. The standard InChI is InChI=1S/C10H10ClFO/c11-7-6-9(12)10(13)8-4-2-1-3-5-8/h1-6,10,13H,7H2/b9-6-. The molecule has 1 aromatic carbocycles.